The minimum Gasteiger partial charge on any atom is -0.445 e. The van der Waals surface area contributed by atoms with Gasteiger partial charge in [-0.3, -0.25) is 4.79 Å². The lowest BCUT2D eigenvalue weighted by atomic mass is 9.91. The monoisotopic (exact) mass is 489 g/mol. The third kappa shape index (κ3) is 5.75. The highest BCUT2D eigenvalue weighted by molar-refractivity contribution is 7.16. The zero-order valence-corrected chi connectivity index (χ0v) is 20.6. The van der Waals surface area contributed by atoms with E-state index in [1.807, 2.05) is 32.9 Å². The lowest BCUT2D eigenvalue weighted by molar-refractivity contribution is 0.0750. The molecule has 0 radical (unpaired) electrons. The number of carbonyl (C=O) groups is 2. The number of likely N-dealkylation sites (tertiary alicyclic amines) is 1. The molecule has 3 rings (SSSR count). The van der Waals surface area contributed by atoms with E-state index in [1.165, 1.54) is 22.1 Å². The van der Waals surface area contributed by atoms with Gasteiger partial charge in [0.25, 0.3) is 5.91 Å². The summed E-state index contributed by atoms with van der Waals surface area (Å²) in [4.78, 5) is 27.9. The first kappa shape index (κ1) is 24.8. The summed E-state index contributed by atoms with van der Waals surface area (Å²) in [7, 11) is 0. The van der Waals surface area contributed by atoms with Crippen LogP contribution in [-0.2, 0) is 11.3 Å². The van der Waals surface area contributed by atoms with Crippen molar-refractivity contribution in [2.45, 2.75) is 46.1 Å². The van der Waals surface area contributed by atoms with Gasteiger partial charge < -0.3 is 15.0 Å². The van der Waals surface area contributed by atoms with Crippen LogP contribution in [-0.4, -0.2) is 46.4 Å². The minimum atomic E-state index is -0.684. The average molecular weight is 490 g/mol. The van der Waals surface area contributed by atoms with Crippen molar-refractivity contribution in [1.82, 2.24) is 14.7 Å². The van der Waals surface area contributed by atoms with Crippen molar-refractivity contribution in [2.75, 3.05) is 25.0 Å². The highest BCUT2D eigenvalue weighted by Crippen LogP contribution is 2.34. The number of hydrogen-bond donors (Lipinski definition) is 1. The van der Waals surface area contributed by atoms with E-state index in [9.17, 15) is 14.9 Å². The van der Waals surface area contributed by atoms with E-state index in [2.05, 4.69) is 23.1 Å². The van der Waals surface area contributed by atoms with Crippen LogP contribution >= 0.6 is 22.9 Å². The number of nitrogens with one attached hydrogen (secondary N) is 1. The van der Waals surface area contributed by atoms with Crippen LogP contribution in [0.2, 0.25) is 4.34 Å². The third-order valence-corrected chi connectivity index (χ3v) is 6.61. The van der Waals surface area contributed by atoms with Gasteiger partial charge in [-0.15, -0.1) is 11.3 Å². The van der Waals surface area contributed by atoms with Crippen LogP contribution in [0.15, 0.2) is 24.8 Å². The maximum absolute atomic E-state index is 13.2. The van der Waals surface area contributed by atoms with Gasteiger partial charge in [-0.25, -0.2) is 4.79 Å². The molecule has 3 heterocycles. The van der Waals surface area contributed by atoms with Gasteiger partial charge >= 0.3 is 6.09 Å². The summed E-state index contributed by atoms with van der Waals surface area (Å²) >= 11 is 7.47. The number of halogens is 1. The van der Waals surface area contributed by atoms with E-state index in [0.717, 1.165) is 4.88 Å². The Morgan fingerprint density at radius 3 is 2.64 bits per heavy atom. The Hall–Kier alpha value is -2.83. The molecule has 0 saturated carbocycles. The van der Waals surface area contributed by atoms with Gasteiger partial charge in [-0.05, 0) is 25.0 Å². The zero-order chi connectivity index (χ0) is 24.2. The Morgan fingerprint density at radius 1 is 1.39 bits per heavy atom. The van der Waals surface area contributed by atoms with Gasteiger partial charge in [0, 0.05) is 29.3 Å². The second kappa shape index (κ2) is 10.4. The van der Waals surface area contributed by atoms with Crippen LogP contribution in [0.25, 0.3) is 0 Å². The van der Waals surface area contributed by atoms with E-state index in [1.54, 1.807) is 4.90 Å². The average Bonchev–Trinajstić information content (AvgIpc) is 3.37. The van der Waals surface area contributed by atoms with Gasteiger partial charge in [-0.1, -0.05) is 45.0 Å². The van der Waals surface area contributed by atoms with Gasteiger partial charge in [0.15, 0.2) is 5.82 Å². The van der Waals surface area contributed by atoms with Crippen LogP contribution in [0.1, 0.15) is 60.5 Å². The molecule has 0 aliphatic carbocycles. The number of aromatic nitrogens is 2. The van der Waals surface area contributed by atoms with Crippen LogP contribution in [0, 0.1) is 16.7 Å². The molecule has 0 spiro atoms. The second-order valence-corrected chi connectivity index (χ2v) is 10.7. The predicted molar refractivity (Wildman–Crippen MR) is 129 cm³/mol. The molecule has 0 bridgehead atoms. The number of carbonyl (C=O) groups excluding carboxylic acids is 2. The van der Waals surface area contributed by atoms with Crippen molar-refractivity contribution >= 4 is 40.8 Å². The molecule has 1 aliphatic rings. The Balaban J connectivity index is 1.86. The summed E-state index contributed by atoms with van der Waals surface area (Å²) in [5, 5.41) is 17.9. The first-order chi connectivity index (χ1) is 15.7. The molecule has 0 aromatic carbocycles. The second-order valence-electron chi connectivity index (χ2n) is 8.87. The number of anilines is 1. The quantitative estimate of drug-likeness (QED) is 0.555. The highest BCUT2D eigenvalue weighted by atomic mass is 35.5. The molecule has 0 atom stereocenters. The SMILES string of the molecule is C=CCOC(=O)N1CCC(c2nn(C(=O)C(C)(C)C)c(NCc3ccc(Cl)s3)c2C#N)CC1. The van der Waals surface area contributed by atoms with Crippen molar-refractivity contribution in [3.8, 4) is 6.07 Å². The van der Waals surface area contributed by atoms with E-state index >= 15 is 0 Å². The smallest absolute Gasteiger partial charge is 0.410 e. The van der Waals surface area contributed by atoms with Gasteiger partial charge in [0.1, 0.15) is 18.2 Å². The van der Waals surface area contributed by atoms with Gasteiger partial charge in [-0.2, -0.15) is 15.0 Å². The minimum absolute atomic E-state index is 0.0474. The summed E-state index contributed by atoms with van der Waals surface area (Å²) in [5.74, 6) is 0.140. The predicted octanol–water partition coefficient (Wildman–Crippen LogP) is 5.27. The fraction of sp³-hybridized carbons (Fsp3) is 0.478. The van der Waals surface area contributed by atoms with Crippen LogP contribution in [0.5, 0.6) is 0 Å². The normalized spacial score (nSPS) is 14.6. The molecule has 176 valence electrons. The highest BCUT2D eigenvalue weighted by Gasteiger charge is 2.34. The number of thiophene rings is 1. The largest absolute Gasteiger partial charge is 0.445 e. The van der Waals surface area contributed by atoms with E-state index in [-0.39, 0.29) is 24.5 Å². The number of rotatable bonds is 6. The van der Waals surface area contributed by atoms with E-state index < -0.39 is 5.41 Å². The van der Waals surface area contributed by atoms with Crippen molar-refractivity contribution < 1.29 is 14.3 Å². The first-order valence-electron chi connectivity index (χ1n) is 10.7. The molecular formula is C23H28ClN5O3S. The molecule has 1 fully saturated rings. The summed E-state index contributed by atoms with van der Waals surface area (Å²) < 4.78 is 7.12. The number of nitriles is 1. The number of amides is 1. The van der Waals surface area contributed by atoms with Crippen molar-refractivity contribution in [2.24, 2.45) is 5.41 Å². The fourth-order valence-corrected chi connectivity index (χ4v) is 4.66. The third-order valence-electron chi connectivity index (χ3n) is 5.38. The summed E-state index contributed by atoms with van der Waals surface area (Å²) in [6.45, 7) is 10.6. The van der Waals surface area contributed by atoms with E-state index in [0.29, 0.717) is 53.9 Å². The zero-order valence-electron chi connectivity index (χ0n) is 19.1. The standard InChI is InChI=1S/C23H28ClN5O3S/c1-5-12-32-22(31)28-10-8-15(9-11-28)19-17(13-25)20(26-14-16-6-7-18(24)33-16)29(27-19)21(30)23(2,3)4/h5-7,15,26H,1,8-12,14H2,2-4H3. The molecular weight excluding hydrogens is 462 g/mol. The van der Waals surface area contributed by atoms with Crippen molar-refractivity contribution in [3.63, 3.8) is 0 Å². The maximum atomic E-state index is 13.2. The Kier molecular flexibility index (Phi) is 7.82. The topological polar surface area (TPSA) is 100 Å². The fourth-order valence-electron chi connectivity index (χ4n) is 3.63. The molecule has 2 aromatic heterocycles. The van der Waals surface area contributed by atoms with Gasteiger partial charge in [0.2, 0.25) is 0 Å². The van der Waals surface area contributed by atoms with Crippen molar-refractivity contribution in [3.05, 3.63) is 45.3 Å². The molecule has 1 aliphatic heterocycles. The maximum Gasteiger partial charge on any atom is 0.410 e. The van der Waals surface area contributed by atoms with E-state index in [4.69, 9.17) is 16.3 Å². The number of hydrogen-bond acceptors (Lipinski definition) is 7. The Bertz CT molecular complexity index is 1070. The van der Waals surface area contributed by atoms with Crippen LogP contribution < -0.4 is 5.32 Å². The number of ether oxygens (including phenoxy) is 1. The summed E-state index contributed by atoms with van der Waals surface area (Å²) in [5.41, 5.74) is 0.264. The lowest BCUT2D eigenvalue weighted by Crippen LogP contribution is -2.38. The molecule has 8 nitrogen and oxygen atoms in total. The van der Waals surface area contributed by atoms with Crippen molar-refractivity contribution in [1.29, 1.82) is 5.26 Å². The van der Waals surface area contributed by atoms with Crippen LogP contribution in [0.4, 0.5) is 10.6 Å². The molecule has 33 heavy (non-hydrogen) atoms. The van der Waals surface area contributed by atoms with Crippen LogP contribution in [0.3, 0.4) is 0 Å². The number of nitrogens with zero attached hydrogens (tertiary/aromatic N) is 4. The molecule has 10 heteroatoms. The van der Waals surface area contributed by atoms with Gasteiger partial charge in [0.05, 0.1) is 16.6 Å². The summed E-state index contributed by atoms with van der Waals surface area (Å²) in [6, 6.07) is 5.97. The summed E-state index contributed by atoms with van der Waals surface area (Å²) in [6.07, 6.45) is 2.40. The molecule has 1 saturated heterocycles. The molecule has 1 amide bonds. The first-order valence-corrected chi connectivity index (χ1v) is 11.9. The molecule has 1 N–H and O–H groups in total. The lowest BCUT2D eigenvalue weighted by Gasteiger charge is -2.30. The Morgan fingerprint density at radius 2 is 2.09 bits per heavy atom. The Labute approximate surface area is 202 Å². The number of piperidine rings is 1. The molecule has 0 unspecified atom stereocenters. The molecule has 2 aromatic rings.